The van der Waals surface area contributed by atoms with Crippen molar-refractivity contribution in [3.63, 3.8) is 0 Å². The van der Waals surface area contributed by atoms with E-state index in [0.717, 1.165) is 42.1 Å². The van der Waals surface area contributed by atoms with E-state index in [1.165, 1.54) is 11.1 Å². The Kier molecular flexibility index (Phi) is 4.79. The van der Waals surface area contributed by atoms with Gasteiger partial charge in [0, 0.05) is 37.6 Å². The van der Waals surface area contributed by atoms with Crippen LogP contribution >= 0.6 is 0 Å². The molecule has 29 heavy (non-hydrogen) atoms. The van der Waals surface area contributed by atoms with Crippen molar-refractivity contribution in [3.8, 4) is 11.1 Å². The zero-order valence-electron chi connectivity index (χ0n) is 16.4. The van der Waals surface area contributed by atoms with Gasteiger partial charge in [-0.2, -0.15) is 0 Å². The highest BCUT2D eigenvalue weighted by molar-refractivity contribution is 5.66. The fourth-order valence-electron chi connectivity index (χ4n) is 3.79. The number of aromatic nitrogens is 4. The summed E-state index contributed by atoms with van der Waals surface area (Å²) in [6.45, 7) is 5.27. The Morgan fingerprint density at radius 2 is 1.90 bits per heavy atom. The van der Waals surface area contributed by atoms with Crippen LogP contribution in [0.4, 0.5) is 0 Å². The predicted octanol–water partition coefficient (Wildman–Crippen LogP) is 3.67. The maximum absolute atomic E-state index is 6.05. The van der Waals surface area contributed by atoms with Gasteiger partial charge in [0.25, 0.3) is 0 Å². The average molecular weight is 385 g/mol. The fraction of sp³-hybridized carbons (Fsp3) is 0.261. The Morgan fingerprint density at radius 3 is 2.72 bits per heavy atom. The van der Waals surface area contributed by atoms with Crippen molar-refractivity contribution in [1.29, 1.82) is 0 Å². The molecule has 0 N–H and O–H groups in total. The van der Waals surface area contributed by atoms with Crippen LogP contribution in [0.15, 0.2) is 67.0 Å². The van der Waals surface area contributed by atoms with E-state index >= 15 is 0 Å². The molecule has 3 aromatic heterocycles. The minimum absolute atomic E-state index is 0.0878. The number of nitrogens with zero attached hydrogens (tertiary/aromatic N) is 5. The standard InChI is InChI=1S/C23H23N5O/c1-17-5-7-18(8-6-17)19-9-10-21-23(25-26-28(21)14-19)22-16-27(12-13-29-22)15-20-4-2-3-11-24-20/h2-11,14,22H,12-13,15-16H2,1H3/t22-/m0/s1. The lowest BCUT2D eigenvalue weighted by Crippen LogP contribution is -2.38. The van der Waals surface area contributed by atoms with E-state index in [-0.39, 0.29) is 6.10 Å². The summed E-state index contributed by atoms with van der Waals surface area (Å²) in [7, 11) is 0. The van der Waals surface area contributed by atoms with Crippen molar-refractivity contribution in [2.24, 2.45) is 0 Å². The van der Waals surface area contributed by atoms with Gasteiger partial charge in [-0.05, 0) is 30.7 Å². The van der Waals surface area contributed by atoms with Crippen molar-refractivity contribution >= 4 is 5.52 Å². The van der Waals surface area contributed by atoms with E-state index in [9.17, 15) is 0 Å². The molecule has 1 aromatic carbocycles. The number of morpholine rings is 1. The number of fused-ring (bicyclic) bond motifs is 1. The molecule has 0 radical (unpaired) electrons. The summed E-state index contributed by atoms with van der Waals surface area (Å²) in [5, 5.41) is 8.82. The molecule has 0 aliphatic carbocycles. The van der Waals surface area contributed by atoms with Crippen LogP contribution in [0.25, 0.3) is 16.6 Å². The monoisotopic (exact) mass is 385 g/mol. The van der Waals surface area contributed by atoms with Gasteiger partial charge in [0.15, 0.2) is 0 Å². The molecule has 0 amide bonds. The SMILES string of the molecule is Cc1ccc(-c2ccc3c([C@@H]4CN(Cc5ccccn5)CCO4)nnn3c2)cc1. The average Bonchev–Trinajstić information content (AvgIpc) is 3.18. The van der Waals surface area contributed by atoms with Crippen molar-refractivity contribution in [2.45, 2.75) is 19.6 Å². The number of hydrogen-bond donors (Lipinski definition) is 0. The van der Waals surface area contributed by atoms with E-state index in [4.69, 9.17) is 4.74 Å². The molecular weight excluding hydrogens is 362 g/mol. The molecule has 0 unspecified atom stereocenters. The summed E-state index contributed by atoms with van der Waals surface area (Å²) in [5.74, 6) is 0. The van der Waals surface area contributed by atoms with Crippen LogP contribution in [0.3, 0.4) is 0 Å². The Hall–Kier alpha value is -3.09. The lowest BCUT2D eigenvalue weighted by Gasteiger charge is -2.31. The van der Waals surface area contributed by atoms with Crippen LogP contribution in [0, 0.1) is 6.92 Å². The van der Waals surface area contributed by atoms with Gasteiger partial charge in [0.2, 0.25) is 0 Å². The second kappa shape index (κ2) is 7.73. The Balaban J connectivity index is 1.38. The highest BCUT2D eigenvalue weighted by Crippen LogP contribution is 2.27. The lowest BCUT2D eigenvalue weighted by atomic mass is 10.1. The van der Waals surface area contributed by atoms with E-state index in [0.29, 0.717) is 6.61 Å². The van der Waals surface area contributed by atoms with Crippen LogP contribution in [-0.4, -0.2) is 44.4 Å². The molecule has 6 heteroatoms. The fourth-order valence-corrected chi connectivity index (χ4v) is 3.79. The summed E-state index contributed by atoms with van der Waals surface area (Å²) in [6.07, 6.45) is 3.78. The van der Waals surface area contributed by atoms with E-state index in [1.807, 2.05) is 29.0 Å². The molecule has 1 atom stereocenters. The third kappa shape index (κ3) is 3.77. The zero-order chi connectivity index (χ0) is 19.6. The number of hydrogen-bond acceptors (Lipinski definition) is 5. The molecule has 0 spiro atoms. The second-order valence-electron chi connectivity index (χ2n) is 7.50. The highest BCUT2D eigenvalue weighted by atomic mass is 16.5. The second-order valence-corrected chi connectivity index (χ2v) is 7.50. The van der Waals surface area contributed by atoms with Gasteiger partial charge in [-0.1, -0.05) is 47.2 Å². The number of aryl methyl sites for hydroxylation is 1. The van der Waals surface area contributed by atoms with Gasteiger partial charge in [-0.25, -0.2) is 4.52 Å². The van der Waals surface area contributed by atoms with Crippen LogP contribution in [0.5, 0.6) is 0 Å². The molecule has 4 heterocycles. The Morgan fingerprint density at radius 1 is 1.03 bits per heavy atom. The molecular formula is C23H23N5O. The molecule has 5 rings (SSSR count). The van der Waals surface area contributed by atoms with Gasteiger partial charge in [0.1, 0.15) is 11.8 Å². The minimum Gasteiger partial charge on any atom is -0.369 e. The number of benzene rings is 1. The Labute approximate surface area is 169 Å². The number of ether oxygens (including phenoxy) is 1. The normalized spacial score (nSPS) is 17.6. The molecule has 4 aromatic rings. The predicted molar refractivity (Wildman–Crippen MR) is 111 cm³/mol. The van der Waals surface area contributed by atoms with Gasteiger partial charge in [0.05, 0.1) is 17.8 Å². The molecule has 146 valence electrons. The Bertz CT molecular complexity index is 1110. The first-order chi connectivity index (χ1) is 14.3. The largest absolute Gasteiger partial charge is 0.369 e. The number of pyridine rings is 2. The third-order valence-corrected chi connectivity index (χ3v) is 5.39. The van der Waals surface area contributed by atoms with Crippen molar-refractivity contribution in [1.82, 2.24) is 24.7 Å². The minimum atomic E-state index is -0.0878. The number of rotatable bonds is 4. The van der Waals surface area contributed by atoms with Gasteiger partial charge >= 0.3 is 0 Å². The molecule has 1 fully saturated rings. The van der Waals surface area contributed by atoms with Crippen molar-refractivity contribution in [3.05, 3.63) is 83.9 Å². The summed E-state index contributed by atoms with van der Waals surface area (Å²) < 4.78 is 7.90. The van der Waals surface area contributed by atoms with Crippen molar-refractivity contribution in [2.75, 3.05) is 19.7 Å². The maximum atomic E-state index is 6.05. The van der Waals surface area contributed by atoms with Crippen LogP contribution in [0.1, 0.15) is 23.1 Å². The topological polar surface area (TPSA) is 55.5 Å². The summed E-state index contributed by atoms with van der Waals surface area (Å²) in [5.41, 5.74) is 6.50. The van der Waals surface area contributed by atoms with E-state index in [1.54, 1.807) is 0 Å². The summed E-state index contributed by atoms with van der Waals surface area (Å²) in [4.78, 5) is 6.80. The van der Waals surface area contributed by atoms with E-state index < -0.39 is 0 Å². The summed E-state index contributed by atoms with van der Waals surface area (Å²) in [6, 6.07) is 18.8. The first-order valence-electron chi connectivity index (χ1n) is 9.92. The van der Waals surface area contributed by atoms with Gasteiger partial charge in [-0.3, -0.25) is 9.88 Å². The van der Waals surface area contributed by atoms with Crippen LogP contribution in [0.2, 0.25) is 0 Å². The highest BCUT2D eigenvalue weighted by Gasteiger charge is 2.26. The van der Waals surface area contributed by atoms with Crippen LogP contribution < -0.4 is 0 Å². The lowest BCUT2D eigenvalue weighted by molar-refractivity contribution is -0.0346. The van der Waals surface area contributed by atoms with E-state index in [2.05, 4.69) is 69.6 Å². The maximum Gasteiger partial charge on any atom is 0.121 e. The molecule has 1 aliphatic rings. The van der Waals surface area contributed by atoms with Crippen LogP contribution in [-0.2, 0) is 11.3 Å². The third-order valence-electron chi connectivity index (χ3n) is 5.39. The van der Waals surface area contributed by atoms with Gasteiger partial charge in [-0.15, -0.1) is 5.10 Å². The first-order valence-corrected chi connectivity index (χ1v) is 9.92. The quantitative estimate of drug-likeness (QED) is 0.536. The molecule has 0 bridgehead atoms. The van der Waals surface area contributed by atoms with Crippen molar-refractivity contribution < 1.29 is 4.74 Å². The molecule has 1 aliphatic heterocycles. The smallest absolute Gasteiger partial charge is 0.121 e. The zero-order valence-corrected chi connectivity index (χ0v) is 16.4. The first kappa shape index (κ1) is 18.0. The molecule has 6 nitrogen and oxygen atoms in total. The van der Waals surface area contributed by atoms with Gasteiger partial charge < -0.3 is 4.74 Å². The molecule has 1 saturated heterocycles. The summed E-state index contributed by atoms with van der Waals surface area (Å²) >= 11 is 0. The molecule has 0 saturated carbocycles.